The molecule has 19 heavy (non-hydrogen) atoms. The highest BCUT2D eigenvalue weighted by atomic mass is 16.1. The molecule has 1 N–H and O–H groups in total. The lowest BCUT2D eigenvalue weighted by Crippen LogP contribution is -2.09. The van der Waals surface area contributed by atoms with Crippen LogP contribution in [0.15, 0.2) is 53.5 Å². The number of H-pyrrole nitrogens is 1. The number of nitriles is 1. The predicted octanol–water partition coefficient (Wildman–Crippen LogP) is 2.46. The Labute approximate surface area is 109 Å². The average Bonchev–Trinajstić information content (AvgIpc) is 2.47. The summed E-state index contributed by atoms with van der Waals surface area (Å²) in [6.07, 6.45) is 1.57. The van der Waals surface area contributed by atoms with E-state index in [9.17, 15) is 4.79 Å². The van der Waals surface area contributed by atoms with E-state index in [-0.39, 0.29) is 11.1 Å². The van der Waals surface area contributed by atoms with Crippen molar-refractivity contribution in [1.29, 1.82) is 5.26 Å². The minimum atomic E-state index is -0.382. The van der Waals surface area contributed by atoms with Crippen LogP contribution < -0.4 is 5.56 Å². The highest BCUT2D eigenvalue weighted by Gasteiger charge is 2.05. The Morgan fingerprint density at radius 1 is 1.16 bits per heavy atom. The Morgan fingerprint density at radius 3 is 2.84 bits per heavy atom. The van der Waals surface area contributed by atoms with Gasteiger partial charge in [-0.05, 0) is 18.2 Å². The summed E-state index contributed by atoms with van der Waals surface area (Å²) in [7, 11) is 0. The zero-order chi connectivity index (χ0) is 13.2. The van der Waals surface area contributed by atoms with E-state index >= 15 is 0 Å². The fraction of sp³-hybridized carbons (Fsp3) is 0. The van der Waals surface area contributed by atoms with Gasteiger partial charge in [-0.1, -0.05) is 24.3 Å². The first-order valence-corrected chi connectivity index (χ1v) is 5.77. The van der Waals surface area contributed by atoms with Crippen LogP contribution in [-0.4, -0.2) is 9.97 Å². The standard InChI is InChI=1S/C15H9N3O/c16-8-11-7-12(9-17-15(11)19)14-6-5-10-3-1-2-4-13(10)18-14/h1-7,9H,(H,17,19). The van der Waals surface area contributed by atoms with Crippen molar-refractivity contribution in [3.8, 4) is 17.3 Å². The van der Waals surface area contributed by atoms with Gasteiger partial charge < -0.3 is 4.98 Å². The van der Waals surface area contributed by atoms with Crippen LogP contribution in [0, 0.1) is 11.3 Å². The Bertz CT molecular complexity index is 859. The van der Waals surface area contributed by atoms with Crippen LogP contribution in [0.1, 0.15) is 5.56 Å². The molecular formula is C15H9N3O. The fourth-order valence-electron chi connectivity index (χ4n) is 1.94. The molecule has 3 aromatic rings. The molecule has 0 aliphatic rings. The lowest BCUT2D eigenvalue weighted by molar-refractivity contribution is 1.21. The summed E-state index contributed by atoms with van der Waals surface area (Å²) >= 11 is 0. The lowest BCUT2D eigenvalue weighted by atomic mass is 10.1. The Morgan fingerprint density at radius 2 is 2.00 bits per heavy atom. The molecule has 0 spiro atoms. The quantitative estimate of drug-likeness (QED) is 0.718. The molecule has 4 nitrogen and oxygen atoms in total. The number of benzene rings is 1. The first-order chi connectivity index (χ1) is 9.28. The van der Waals surface area contributed by atoms with Gasteiger partial charge in [0.1, 0.15) is 11.6 Å². The molecule has 2 heterocycles. The van der Waals surface area contributed by atoms with Gasteiger partial charge in [-0.3, -0.25) is 4.79 Å². The molecule has 1 aromatic carbocycles. The molecule has 3 rings (SSSR count). The van der Waals surface area contributed by atoms with Gasteiger partial charge in [-0.25, -0.2) is 4.98 Å². The molecule has 0 aliphatic carbocycles. The first-order valence-electron chi connectivity index (χ1n) is 5.77. The Hall–Kier alpha value is -2.93. The molecule has 0 saturated heterocycles. The van der Waals surface area contributed by atoms with Crippen molar-refractivity contribution in [2.45, 2.75) is 0 Å². The summed E-state index contributed by atoms with van der Waals surface area (Å²) in [6, 6.07) is 15.1. The number of rotatable bonds is 1. The number of nitrogens with zero attached hydrogens (tertiary/aromatic N) is 2. The van der Waals surface area contributed by atoms with Gasteiger partial charge in [0.05, 0.1) is 11.2 Å². The number of hydrogen-bond acceptors (Lipinski definition) is 3. The summed E-state index contributed by atoms with van der Waals surface area (Å²) in [5.41, 5.74) is 2.04. The van der Waals surface area contributed by atoms with Crippen LogP contribution >= 0.6 is 0 Å². The number of nitrogens with one attached hydrogen (secondary N) is 1. The zero-order valence-electron chi connectivity index (χ0n) is 9.92. The molecule has 0 amide bonds. The van der Waals surface area contributed by atoms with Gasteiger partial charge in [0.2, 0.25) is 0 Å². The molecule has 0 bridgehead atoms. The van der Waals surface area contributed by atoms with E-state index in [1.54, 1.807) is 12.3 Å². The maximum Gasteiger partial charge on any atom is 0.265 e. The molecule has 90 valence electrons. The minimum absolute atomic E-state index is 0.0902. The van der Waals surface area contributed by atoms with E-state index in [4.69, 9.17) is 5.26 Å². The van der Waals surface area contributed by atoms with Crippen molar-refractivity contribution in [3.63, 3.8) is 0 Å². The second kappa shape index (κ2) is 4.39. The van der Waals surface area contributed by atoms with E-state index < -0.39 is 0 Å². The number of hydrogen-bond donors (Lipinski definition) is 1. The number of pyridine rings is 2. The van der Waals surface area contributed by atoms with Crippen molar-refractivity contribution in [2.75, 3.05) is 0 Å². The second-order valence-electron chi connectivity index (χ2n) is 4.13. The van der Waals surface area contributed by atoms with Crippen LogP contribution in [0.4, 0.5) is 0 Å². The molecule has 0 aliphatic heterocycles. The molecule has 2 aromatic heterocycles. The number of fused-ring (bicyclic) bond motifs is 1. The van der Waals surface area contributed by atoms with Gasteiger partial charge in [-0.15, -0.1) is 0 Å². The van der Waals surface area contributed by atoms with Crippen molar-refractivity contribution >= 4 is 10.9 Å². The van der Waals surface area contributed by atoms with Crippen LogP contribution in [0.25, 0.3) is 22.2 Å². The van der Waals surface area contributed by atoms with Crippen LogP contribution in [0.3, 0.4) is 0 Å². The zero-order valence-corrected chi connectivity index (χ0v) is 9.92. The van der Waals surface area contributed by atoms with E-state index in [2.05, 4.69) is 9.97 Å². The lowest BCUT2D eigenvalue weighted by Gasteiger charge is -2.03. The monoisotopic (exact) mass is 247 g/mol. The van der Waals surface area contributed by atoms with Gasteiger partial charge in [-0.2, -0.15) is 5.26 Å². The average molecular weight is 247 g/mol. The normalized spacial score (nSPS) is 10.3. The number of para-hydroxylation sites is 1. The maximum atomic E-state index is 11.3. The fourth-order valence-corrected chi connectivity index (χ4v) is 1.94. The molecule has 0 saturated carbocycles. The molecule has 0 fully saturated rings. The smallest absolute Gasteiger partial charge is 0.265 e. The van der Waals surface area contributed by atoms with Gasteiger partial charge >= 0.3 is 0 Å². The SMILES string of the molecule is N#Cc1cc(-c2ccc3ccccc3n2)c[nH]c1=O. The number of aromatic nitrogens is 2. The Kier molecular flexibility index (Phi) is 2.58. The predicted molar refractivity (Wildman–Crippen MR) is 72.5 cm³/mol. The summed E-state index contributed by atoms with van der Waals surface area (Å²) in [5, 5.41) is 9.92. The second-order valence-corrected chi connectivity index (χ2v) is 4.13. The van der Waals surface area contributed by atoms with Crippen molar-refractivity contribution in [2.24, 2.45) is 0 Å². The summed E-state index contributed by atoms with van der Waals surface area (Å²) in [5.74, 6) is 0. The first kappa shape index (κ1) is 11.2. The minimum Gasteiger partial charge on any atom is -0.327 e. The van der Waals surface area contributed by atoms with E-state index in [0.717, 1.165) is 22.2 Å². The van der Waals surface area contributed by atoms with Gasteiger partial charge in [0, 0.05) is 17.1 Å². The molecule has 0 atom stereocenters. The topological polar surface area (TPSA) is 69.5 Å². The Balaban J connectivity index is 2.19. The van der Waals surface area contributed by atoms with Crippen molar-refractivity contribution in [3.05, 3.63) is 64.6 Å². The molecule has 0 radical (unpaired) electrons. The molecule has 4 heteroatoms. The van der Waals surface area contributed by atoms with E-state index in [1.807, 2.05) is 42.5 Å². The maximum absolute atomic E-state index is 11.3. The molecule has 0 unspecified atom stereocenters. The third-order valence-electron chi connectivity index (χ3n) is 2.92. The van der Waals surface area contributed by atoms with Crippen molar-refractivity contribution < 1.29 is 0 Å². The summed E-state index contributed by atoms with van der Waals surface area (Å²) in [6.45, 7) is 0. The van der Waals surface area contributed by atoms with E-state index in [0.29, 0.717) is 0 Å². The van der Waals surface area contributed by atoms with Crippen molar-refractivity contribution in [1.82, 2.24) is 9.97 Å². The third kappa shape index (κ3) is 1.98. The number of aromatic amines is 1. The van der Waals surface area contributed by atoms with Crippen LogP contribution in [-0.2, 0) is 0 Å². The van der Waals surface area contributed by atoms with Crippen LogP contribution in [0.5, 0.6) is 0 Å². The van der Waals surface area contributed by atoms with Gasteiger partial charge in [0.25, 0.3) is 5.56 Å². The highest BCUT2D eigenvalue weighted by Crippen LogP contribution is 2.20. The van der Waals surface area contributed by atoms with Crippen LogP contribution in [0.2, 0.25) is 0 Å². The molecular weight excluding hydrogens is 238 g/mol. The van der Waals surface area contributed by atoms with E-state index in [1.165, 1.54) is 0 Å². The van der Waals surface area contributed by atoms with Gasteiger partial charge in [0.15, 0.2) is 0 Å². The third-order valence-corrected chi connectivity index (χ3v) is 2.92. The summed E-state index contributed by atoms with van der Waals surface area (Å²) in [4.78, 5) is 18.4. The largest absolute Gasteiger partial charge is 0.327 e. The summed E-state index contributed by atoms with van der Waals surface area (Å²) < 4.78 is 0. The highest BCUT2D eigenvalue weighted by molar-refractivity contribution is 5.81.